The summed E-state index contributed by atoms with van der Waals surface area (Å²) in [6, 6.07) is 5.69. The van der Waals surface area contributed by atoms with Gasteiger partial charge in [-0.1, -0.05) is 13.8 Å². The molecule has 4 nitrogen and oxygen atoms in total. The van der Waals surface area contributed by atoms with Crippen LogP contribution in [0.15, 0.2) is 18.2 Å². The molecule has 0 bridgehead atoms. The number of benzene rings is 1. The maximum absolute atomic E-state index is 12.0. The summed E-state index contributed by atoms with van der Waals surface area (Å²) in [5, 5.41) is 2.95. The van der Waals surface area contributed by atoms with Crippen LogP contribution < -0.4 is 5.32 Å². The summed E-state index contributed by atoms with van der Waals surface area (Å²) in [6.07, 6.45) is 0.966. The van der Waals surface area contributed by atoms with E-state index in [1.54, 1.807) is 0 Å². The number of aromatic amines is 2. The zero-order valence-electron chi connectivity index (χ0n) is 10.3. The molecule has 0 unspecified atom stereocenters. The fourth-order valence-corrected chi connectivity index (χ4v) is 2.47. The van der Waals surface area contributed by atoms with E-state index in [9.17, 15) is 4.79 Å². The highest BCUT2D eigenvalue weighted by Gasteiger charge is 2.50. The second kappa shape index (κ2) is 3.68. The summed E-state index contributed by atoms with van der Waals surface area (Å²) < 4.78 is 0.594. The third-order valence-electron chi connectivity index (χ3n) is 3.61. The molecular formula is C13H15N3OS. The van der Waals surface area contributed by atoms with Gasteiger partial charge in [-0.2, -0.15) is 0 Å². The molecule has 1 amide bonds. The lowest BCUT2D eigenvalue weighted by Gasteiger charge is -2.06. The molecule has 0 radical (unpaired) electrons. The largest absolute Gasteiger partial charge is 0.331 e. The molecule has 0 saturated heterocycles. The van der Waals surface area contributed by atoms with Gasteiger partial charge in [0, 0.05) is 11.6 Å². The van der Waals surface area contributed by atoms with E-state index in [4.69, 9.17) is 12.2 Å². The highest BCUT2D eigenvalue weighted by Crippen LogP contribution is 2.51. The van der Waals surface area contributed by atoms with Crippen molar-refractivity contribution >= 4 is 34.8 Å². The van der Waals surface area contributed by atoms with E-state index in [-0.39, 0.29) is 17.2 Å². The molecule has 1 aromatic heterocycles. The molecular weight excluding hydrogens is 246 g/mol. The average molecular weight is 261 g/mol. The lowest BCUT2D eigenvalue weighted by Crippen LogP contribution is -2.16. The third kappa shape index (κ3) is 1.95. The zero-order chi connectivity index (χ0) is 12.9. The number of fused-ring (bicyclic) bond motifs is 1. The van der Waals surface area contributed by atoms with Crippen LogP contribution in [0.4, 0.5) is 5.69 Å². The fourth-order valence-electron chi connectivity index (χ4n) is 2.25. The van der Waals surface area contributed by atoms with Gasteiger partial charge in [-0.15, -0.1) is 0 Å². The molecule has 2 aromatic rings. The maximum atomic E-state index is 12.0. The zero-order valence-corrected chi connectivity index (χ0v) is 11.1. The molecule has 3 N–H and O–H groups in total. The number of hydrogen-bond acceptors (Lipinski definition) is 2. The van der Waals surface area contributed by atoms with E-state index in [0.29, 0.717) is 4.77 Å². The molecule has 0 aliphatic heterocycles. The van der Waals surface area contributed by atoms with E-state index in [1.165, 1.54) is 0 Å². The molecule has 1 fully saturated rings. The number of H-pyrrole nitrogens is 2. The first-order chi connectivity index (χ1) is 8.45. The van der Waals surface area contributed by atoms with Gasteiger partial charge in [-0.3, -0.25) is 4.79 Å². The van der Waals surface area contributed by atoms with Gasteiger partial charge in [0.05, 0.1) is 11.0 Å². The van der Waals surface area contributed by atoms with Gasteiger partial charge < -0.3 is 15.3 Å². The Morgan fingerprint density at radius 2 is 2.06 bits per heavy atom. The standard InChI is InChI=1S/C13H15N3OS/c1-13(2)6-8(13)11(17)14-7-3-4-9-10(5-7)16-12(18)15-9/h3-5,8H,6H2,1-2H3,(H,14,17)(H2,15,16,18)/t8-/m0/s1. The highest BCUT2D eigenvalue weighted by atomic mass is 32.1. The first-order valence-corrected chi connectivity index (χ1v) is 6.39. The van der Waals surface area contributed by atoms with E-state index >= 15 is 0 Å². The van der Waals surface area contributed by atoms with Gasteiger partial charge in [0.15, 0.2) is 4.77 Å². The van der Waals surface area contributed by atoms with Gasteiger partial charge in [-0.25, -0.2) is 0 Å². The Hall–Kier alpha value is -1.62. The topological polar surface area (TPSA) is 60.7 Å². The lowest BCUT2D eigenvalue weighted by atomic mass is 10.1. The first-order valence-electron chi connectivity index (χ1n) is 5.99. The number of carbonyl (C=O) groups is 1. The monoisotopic (exact) mass is 261 g/mol. The summed E-state index contributed by atoms with van der Waals surface area (Å²) in [5.41, 5.74) is 2.82. The smallest absolute Gasteiger partial charge is 0.228 e. The van der Waals surface area contributed by atoms with Crippen LogP contribution in [0.25, 0.3) is 11.0 Å². The molecule has 94 valence electrons. The van der Waals surface area contributed by atoms with Crippen molar-refractivity contribution < 1.29 is 4.79 Å². The Morgan fingerprint density at radius 3 is 2.72 bits per heavy atom. The number of hydrogen-bond donors (Lipinski definition) is 3. The summed E-state index contributed by atoms with van der Waals surface area (Å²) >= 11 is 5.03. The Bertz CT molecular complexity index is 683. The summed E-state index contributed by atoms with van der Waals surface area (Å²) in [7, 11) is 0. The molecule has 5 heteroatoms. The van der Waals surface area contributed by atoms with Crippen LogP contribution in [0.1, 0.15) is 20.3 Å². The number of imidazole rings is 1. The highest BCUT2D eigenvalue weighted by molar-refractivity contribution is 7.71. The van der Waals surface area contributed by atoms with Crippen molar-refractivity contribution in [2.24, 2.45) is 11.3 Å². The number of aromatic nitrogens is 2. The van der Waals surface area contributed by atoms with Gasteiger partial charge >= 0.3 is 0 Å². The predicted molar refractivity (Wildman–Crippen MR) is 74.0 cm³/mol. The van der Waals surface area contributed by atoms with Crippen molar-refractivity contribution in [2.75, 3.05) is 5.32 Å². The molecule has 0 spiro atoms. The Morgan fingerprint density at radius 1 is 1.39 bits per heavy atom. The van der Waals surface area contributed by atoms with Gasteiger partial charge in [0.2, 0.25) is 5.91 Å². The van der Waals surface area contributed by atoms with Crippen LogP contribution in [0.3, 0.4) is 0 Å². The van der Waals surface area contributed by atoms with Gasteiger partial charge in [-0.05, 0) is 42.3 Å². The number of nitrogens with one attached hydrogen (secondary N) is 3. The van der Waals surface area contributed by atoms with Crippen molar-refractivity contribution in [3.8, 4) is 0 Å². The second-order valence-electron chi connectivity index (χ2n) is 5.57. The minimum atomic E-state index is 0.105. The maximum Gasteiger partial charge on any atom is 0.228 e. The van der Waals surface area contributed by atoms with Gasteiger partial charge in [0.1, 0.15) is 0 Å². The van der Waals surface area contributed by atoms with E-state index in [2.05, 4.69) is 29.1 Å². The molecule has 1 saturated carbocycles. The van der Waals surface area contributed by atoms with Crippen LogP contribution in [-0.4, -0.2) is 15.9 Å². The average Bonchev–Trinajstić information content (AvgIpc) is 2.77. The molecule has 18 heavy (non-hydrogen) atoms. The van der Waals surface area contributed by atoms with E-state index in [0.717, 1.165) is 23.1 Å². The normalized spacial score (nSPS) is 20.9. The van der Waals surface area contributed by atoms with Crippen molar-refractivity contribution in [1.29, 1.82) is 0 Å². The SMILES string of the molecule is CC1(C)C[C@H]1C(=O)Nc1ccc2[nH]c(=S)[nH]c2c1. The van der Waals surface area contributed by atoms with E-state index < -0.39 is 0 Å². The molecule has 1 aliphatic rings. The third-order valence-corrected chi connectivity index (χ3v) is 3.82. The van der Waals surface area contributed by atoms with Gasteiger partial charge in [0.25, 0.3) is 0 Å². The summed E-state index contributed by atoms with van der Waals surface area (Å²) in [5.74, 6) is 0.242. The second-order valence-corrected chi connectivity index (χ2v) is 5.98. The van der Waals surface area contributed by atoms with Crippen LogP contribution >= 0.6 is 12.2 Å². The summed E-state index contributed by atoms with van der Waals surface area (Å²) in [6.45, 7) is 4.23. The predicted octanol–water partition coefficient (Wildman–Crippen LogP) is 3.21. The van der Waals surface area contributed by atoms with Crippen molar-refractivity contribution in [1.82, 2.24) is 9.97 Å². The van der Waals surface area contributed by atoms with Crippen LogP contribution in [-0.2, 0) is 4.79 Å². The number of rotatable bonds is 2. The van der Waals surface area contributed by atoms with Crippen LogP contribution in [0.2, 0.25) is 0 Å². The fraction of sp³-hybridized carbons (Fsp3) is 0.385. The Balaban J connectivity index is 1.82. The summed E-state index contributed by atoms with van der Waals surface area (Å²) in [4.78, 5) is 18.1. The van der Waals surface area contributed by atoms with E-state index in [1.807, 2.05) is 18.2 Å². The van der Waals surface area contributed by atoms with Crippen molar-refractivity contribution in [3.05, 3.63) is 23.0 Å². The number of amides is 1. The molecule has 1 heterocycles. The minimum Gasteiger partial charge on any atom is -0.331 e. The minimum absolute atomic E-state index is 0.105. The molecule has 1 atom stereocenters. The molecule has 1 aliphatic carbocycles. The molecule has 3 rings (SSSR count). The van der Waals surface area contributed by atoms with Crippen LogP contribution in [0.5, 0.6) is 0 Å². The number of carbonyl (C=O) groups excluding carboxylic acids is 1. The first kappa shape index (κ1) is 11.5. The lowest BCUT2D eigenvalue weighted by molar-refractivity contribution is -0.117. The quantitative estimate of drug-likeness (QED) is 0.727. The van der Waals surface area contributed by atoms with Crippen molar-refractivity contribution in [3.63, 3.8) is 0 Å². The molecule has 1 aromatic carbocycles. The Kier molecular flexibility index (Phi) is 2.35. The number of anilines is 1. The van der Waals surface area contributed by atoms with Crippen LogP contribution in [0, 0.1) is 16.1 Å². The Labute approximate surface area is 110 Å². The van der Waals surface area contributed by atoms with Crippen molar-refractivity contribution in [2.45, 2.75) is 20.3 Å².